The van der Waals surface area contributed by atoms with Crippen molar-refractivity contribution in [3.05, 3.63) is 29.6 Å². The van der Waals surface area contributed by atoms with Gasteiger partial charge >= 0.3 is 6.61 Å². The molecule has 1 aromatic carbocycles. The van der Waals surface area contributed by atoms with E-state index < -0.39 is 30.4 Å². The van der Waals surface area contributed by atoms with E-state index in [1.807, 2.05) is 0 Å². The van der Waals surface area contributed by atoms with Gasteiger partial charge in [0.15, 0.2) is 0 Å². The molecule has 0 radical (unpaired) electrons. The average molecular weight is 271 g/mol. The molecule has 3 nitrogen and oxygen atoms in total. The highest BCUT2D eigenvalue weighted by Crippen LogP contribution is 2.29. The maximum atomic E-state index is 12.8. The first kappa shape index (κ1) is 14.1. The molecule has 0 aliphatic heterocycles. The van der Waals surface area contributed by atoms with E-state index in [0.29, 0.717) is 6.07 Å². The lowest BCUT2D eigenvalue weighted by Gasteiger charge is -2.19. The molecule has 0 aromatic heterocycles. The van der Waals surface area contributed by atoms with Crippen LogP contribution in [0.1, 0.15) is 11.7 Å². The van der Waals surface area contributed by atoms with Crippen molar-refractivity contribution < 1.29 is 28.1 Å². The summed E-state index contributed by atoms with van der Waals surface area (Å²) in [5, 5.41) is 18.9. The second-order valence-electron chi connectivity index (χ2n) is 3.23. The molecule has 1 rings (SSSR count). The van der Waals surface area contributed by atoms with Crippen molar-refractivity contribution in [3.8, 4) is 5.75 Å². The molecule has 7 heteroatoms. The Hall–Kier alpha value is -0.980. The largest absolute Gasteiger partial charge is 0.434 e. The monoisotopic (exact) mass is 270 g/mol. The minimum atomic E-state index is -3.16. The number of halogens is 4. The van der Waals surface area contributed by atoms with Crippen LogP contribution < -0.4 is 4.74 Å². The normalized spacial score (nSPS) is 14.8. The van der Waals surface area contributed by atoms with Crippen LogP contribution in [0.3, 0.4) is 0 Å². The highest BCUT2D eigenvalue weighted by atomic mass is 35.5. The minimum absolute atomic E-state index is 0.153. The van der Waals surface area contributed by atoms with Gasteiger partial charge in [-0.25, -0.2) is 4.39 Å². The Morgan fingerprint density at radius 3 is 2.47 bits per heavy atom. The topological polar surface area (TPSA) is 49.7 Å². The zero-order chi connectivity index (χ0) is 13.0. The Labute approximate surface area is 100 Å². The lowest BCUT2D eigenvalue weighted by Crippen LogP contribution is -2.21. The van der Waals surface area contributed by atoms with E-state index >= 15 is 0 Å². The summed E-state index contributed by atoms with van der Waals surface area (Å²) < 4.78 is 41.0. The van der Waals surface area contributed by atoms with Gasteiger partial charge in [0.25, 0.3) is 0 Å². The van der Waals surface area contributed by atoms with Crippen molar-refractivity contribution in [2.45, 2.75) is 18.8 Å². The summed E-state index contributed by atoms with van der Waals surface area (Å²) >= 11 is 5.31. The highest BCUT2D eigenvalue weighted by molar-refractivity contribution is 6.18. The fraction of sp³-hybridized carbons (Fsp3) is 0.400. The number of benzene rings is 1. The van der Waals surface area contributed by atoms with Crippen molar-refractivity contribution in [1.82, 2.24) is 0 Å². The number of rotatable bonds is 5. The summed E-state index contributed by atoms with van der Waals surface area (Å²) in [5.41, 5.74) is -0.153. The van der Waals surface area contributed by atoms with Gasteiger partial charge in [0.1, 0.15) is 17.7 Å². The van der Waals surface area contributed by atoms with Crippen molar-refractivity contribution in [2.75, 3.05) is 5.88 Å². The fourth-order valence-corrected chi connectivity index (χ4v) is 1.41. The van der Waals surface area contributed by atoms with E-state index in [-0.39, 0.29) is 11.4 Å². The molecule has 17 heavy (non-hydrogen) atoms. The maximum Gasteiger partial charge on any atom is 0.387 e. The number of hydrogen-bond acceptors (Lipinski definition) is 3. The molecule has 0 saturated heterocycles. The molecule has 0 spiro atoms. The Morgan fingerprint density at radius 2 is 1.94 bits per heavy atom. The van der Waals surface area contributed by atoms with Gasteiger partial charge < -0.3 is 14.9 Å². The van der Waals surface area contributed by atoms with Crippen LogP contribution in [-0.4, -0.2) is 28.8 Å². The molecule has 2 atom stereocenters. The van der Waals surface area contributed by atoms with Crippen molar-refractivity contribution in [3.63, 3.8) is 0 Å². The van der Waals surface area contributed by atoms with Gasteiger partial charge in [-0.3, -0.25) is 0 Å². The molecule has 2 N–H and O–H groups in total. The SMILES string of the molecule is OC(CCl)C(O)c1ccc(F)cc1OC(F)F. The second kappa shape index (κ2) is 6.09. The van der Waals surface area contributed by atoms with Crippen molar-refractivity contribution in [2.24, 2.45) is 0 Å². The van der Waals surface area contributed by atoms with Crippen LogP contribution in [0, 0.1) is 5.82 Å². The Balaban J connectivity index is 3.04. The first-order chi connectivity index (χ1) is 7.95. The van der Waals surface area contributed by atoms with E-state index in [4.69, 9.17) is 11.6 Å². The smallest absolute Gasteiger partial charge is 0.387 e. The van der Waals surface area contributed by atoms with Crippen LogP contribution in [0.4, 0.5) is 13.2 Å². The van der Waals surface area contributed by atoms with Crippen LogP contribution >= 0.6 is 11.6 Å². The standard InChI is InChI=1S/C10H10ClF3O3/c11-4-7(15)9(16)6-2-1-5(12)3-8(6)17-10(13)14/h1-3,7,9-10,15-16H,4H2. The number of hydrogen-bond donors (Lipinski definition) is 2. The summed E-state index contributed by atoms with van der Waals surface area (Å²) in [6.45, 7) is -3.16. The highest BCUT2D eigenvalue weighted by Gasteiger charge is 2.23. The Bertz CT molecular complexity index is 376. The van der Waals surface area contributed by atoms with E-state index in [1.165, 1.54) is 0 Å². The molecule has 0 aliphatic carbocycles. The van der Waals surface area contributed by atoms with Gasteiger partial charge in [-0.05, 0) is 12.1 Å². The van der Waals surface area contributed by atoms with Gasteiger partial charge in [0.2, 0.25) is 0 Å². The third kappa shape index (κ3) is 3.76. The molecular formula is C10H10ClF3O3. The Morgan fingerprint density at radius 1 is 1.29 bits per heavy atom. The van der Waals surface area contributed by atoms with Gasteiger partial charge in [-0.1, -0.05) is 0 Å². The molecule has 0 heterocycles. The Kier molecular flexibility index (Phi) is 5.04. The summed E-state index contributed by atoms with van der Waals surface area (Å²) in [7, 11) is 0. The minimum Gasteiger partial charge on any atom is -0.434 e. The number of aliphatic hydroxyl groups is 2. The summed E-state index contributed by atoms with van der Waals surface area (Å²) in [6.07, 6.45) is -2.89. The number of alkyl halides is 3. The summed E-state index contributed by atoms with van der Waals surface area (Å²) in [5.74, 6) is -1.62. The van der Waals surface area contributed by atoms with Crippen LogP contribution in [0.2, 0.25) is 0 Å². The molecule has 0 fully saturated rings. The lowest BCUT2D eigenvalue weighted by atomic mass is 10.0. The second-order valence-corrected chi connectivity index (χ2v) is 3.54. The van der Waals surface area contributed by atoms with Gasteiger partial charge in [0, 0.05) is 11.6 Å². The number of aliphatic hydroxyl groups excluding tert-OH is 2. The molecule has 1 aromatic rings. The average Bonchev–Trinajstić information content (AvgIpc) is 2.26. The molecule has 0 amide bonds. The third-order valence-corrected chi connectivity index (χ3v) is 2.35. The van der Waals surface area contributed by atoms with E-state index in [9.17, 15) is 23.4 Å². The quantitative estimate of drug-likeness (QED) is 0.805. The van der Waals surface area contributed by atoms with Gasteiger partial charge in [0.05, 0.1) is 12.0 Å². The van der Waals surface area contributed by atoms with Crippen LogP contribution in [0.25, 0.3) is 0 Å². The maximum absolute atomic E-state index is 12.8. The van der Waals surface area contributed by atoms with Crippen LogP contribution in [0.5, 0.6) is 5.75 Å². The predicted molar refractivity (Wildman–Crippen MR) is 54.7 cm³/mol. The van der Waals surface area contributed by atoms with Gasteiger partial charge in [-0.2, -0.15) is 8.78 Å². The van der Waals surface area contributed by atoms with Crippen molar-refractivity contribution >= 4 is 11.6 Å². The first-order valence-corrected chi connectivity index (χ1v) is 5.15. The molecule has 2 unspecified atom stereocenters. The van der Waals surface area contributed by atoms with E-state index in [0.717, 1.165) is 12.1 Å². The predicted octanol–water partition coefficient (Wildman–Crippen LogP) is 2.06. The molecule has 0 aliphatic rings. The summed E-state index contributed by atoms with van der Waals surface area (Å²) in [6, 6.07) is 2.71. The summed E-state index contributed by atoms with van der Waals surface area (Å²) in [4.78, 5) is 0. The first-order valence-electron chi connectivity index (χ1n) is 4.62. The van der Waals surface area contributed by atoms with E-state index in [1.54, 1.807) is 0 Å². The van der Waals surface area contributed by atoms with Crippen LogP contribution in [-0.2, 0) is 0 Å². The molecule has 0 bridgehead atoms. The fourth-order valence-electron chi connectivity index (χ4n) is 1.24. The van der Waals surface area contributed by atoms with Gasteiger partial charge in [-0.15, -0.1) is 11.6 Å². The zero-order valence-corrected chi connectivity index (χ0v) is 9.24. The molecule has 96 valence electrons. The lowest BCUT2D eigenvalue weighted by molar-refractivity contribution is -0.0535. The zero-order valence-electron chi connectivity index (χ0n) is 8.49. The van der Waals surface area contributed by atoms with Crippen LogP contribution in [0.15, 0.2) is 18.2 Å². The molecule has 0 saturated carbocycles. The third-order valence-electron chi connectivity index (χ3n) is 2.03. The number of ether oxygens (including phenoxy) is 1. The molecular weight excluding hydrogens is 261 g/mol. The van der Waals surface area contributed by atoms with Crippen molar-refractivity contribution in [1.29, 1.82) is 0 Å². The van der Waals surface area contributed by atoms with E-state index in [2.05, 4.69) is 4.74 Å².